The van der Waals surface area contributed by atoms with Crippen molar-refractivity contribution < 1.29 is 0 Å². The van der Waals surface area contributed by atoms with E-state index < -0.39 is 0 Å². The summed E-state index contributed by atoms with van der Waals surface area (Å²) in [5.74, 6) is 1.15. The van der Waals surface area contributed by atoms with Gasteiger partial charge in [0.25, 0.3) is 0 Å². The first kappa shape index (κ1) is 20.7. The zero-order chi connectivity index (χ0) is 21.4. The third-order valence-electron chi connectivity index (χ3n) is 7.41. The second-order valence-electron chi connectivity index (χ2n) is 9.87. The molecule has 0 spiro atoms. The number of H-pyrrole nitrogens is 1. The Morgan fingerprint density at radius 2 is 1.90 bits per heavy atom. The third kappa shape index (κ3) is 4.16. The second kappa shape index (κ2) is 8.76. The molecule has 2 fully saturated rings. The zero-order valence-corrected chi connectivity index (χ0v) is 19.2. The van der Waals surface area contributed by atoms with Crippen LogP contribution in [-0.2, 0) is 0 Å². The number of hydrogen-bond acceptors (Lipinski definition) is 3. The van der Waals surface area contributed by atoms with Crippen molar-refractivity contribution in [1.29, 1.82) is 0 Å². The topological polar surface area (TPSA) is 44.0 Å². The molecule has 2 N–H and O–H groups in total. The lowest BCUT2D eigenvalue weighted by atomic mass is 9.86. The van der Waals surface area contributed by atoms with E-state index in [0.29, 0.717) is 11.8 Å². The smallest absolute Gasteiger partial charge is 0.0501 e. The van der Waals surface area contributed by atoms with Gasteiger partial charge in [-0.05, 0) is 99.5 Å². The summed E-state index contributed by atoms with van der Waals surface area (Å²) in [6.45, 7) is 11.5. The quantitative estimate of drug-likeness (QED) is 0.582. The van der Waals surface area contributed by atoms with Gasteiger partial charge in [0, 0.05) is 40.9 Å². The number of pyridine rings is 1. The van der Waals surface area contributed by atoms with Crippen molar-refractivity contribution in [3.05, 3.63) is 53.3 Å². The SMILES string of the molecule is Cc1cc(-c2[nH]c3ccc(C4CCN(C5CCCNC5)CC4)cc3c2C(C)C)ccn1. The van der Waals surface area contributed by atoms with E-state index in [0.717, 1.165) is 11.7 Å². The fraction of sp³-hybridized carbons (Fsp3) is 0.519. The molecule has 2 aliphatic heterocycles. The van der Waals surface area contributed by atoms with Crippen LogP contribution in [-0.4, -0.2) is 47.1 Å². The van der Waals surface area contributed by atoms with Gasteiger partial charge in [-0.2, -0.15) is 0 Å². The largest absolute Gasteiger partial charge is 0.354 e. The summed E-state index contributed by atoms with van der Waals surface area (Å²) in [7, 11) is 0. The van der Waals surface area contributed by atoms with Gasteiger partial charge in [-0.1, -0.05) is 19.9 Å². The molecule has 0 aliphatic carbocycles. The molecule has 4 nitrogen and oxygen atoms in total. The summed E-state index contributed by atoms with van der Waals surface area (Å²) in [6.07, 6.45) is 7.16. The lowest BCUT2D eigenvalue weighted by Crippen LogP contribution is -2.48. The Bertz CT molecular complexity index is 1040. The van der Waals surface area contributed by atoms with Crippen LogP contribution in [0, 0.1) is 6.92 Å². The van der Waals surface area contributed by atoms with E-state index in [1.807, 2.05) is 6.20 Å². The van der Waals surface area contributed by atoms with Crippen molar-refractivity contribution in [2.75, 3.05) is 26.2 Å². The first-order valence-electron chi connectivity index (χ1n) is 12.1. The predicted octanol–water partition coefficient (Wildman–Crippen LogP) is 5.59. The van der Waals surface area contributed by atoms with Crippen molar-refractivity contribution in [2.24, 2.45) is 0 Å². The number of fused-ring (bicyclic) bond motifs is 1. The molecule has 2 aliphatic rings. The number of aryl methyl sites for hydroxylation is 1. The second-order valence-corrected chi connectivity index (χ2v) is 9.87. The molecular formula is C27H36N4. The van der Waals surface area contributed by atoms with Crippen LogP contribution in [0.3, 0.4) is 0 Å². The first-order chi connectivity index (χ1) is 15.1. The molecule has 4 heteroatoms. The highest BCUT2D eigenvalue weighted by Gasteiger charge is 2.27. The monoisotopic (exact) mass is 416 g/mol. The minimum atomic E-state index is 0.466. The molecular weight excluding hydrogens is 380 g/mol. The molecule has 0 saturated carbocycles. The highest BCUT2D eigenvalue weighted by molar-refractivity contribution is 5.92. The molecule has 164 valence electrons. The molecule has 0 amide bonds. The van der Waals surface area contributed by atoms with E-state index in [4.69, 9.17) is 0 Å². The Kier molecular flexibility index (Phi) is 5.85. The van der Waals surface area contributed by atoms with Crippen LogP contribution in [0.15, 0.2) is 36.5 Å². The Hall–Kier alpha value is -2.17. The number of aromatic amines is 1. The maximum Gasteiger partial charge on any atom is 0.0501 e. The summed E-state index contributed by atoms with van der Waals surface area (Å²) >= 11 is 0. The molecule has 1 aromatic carbocycles. The maximum atomic E-state index is 4.39. The van der Waals surface area contributed by atoms with E-state index in [1.165, 1.54) is 85.1 Å². The molecule has 4 heterocycles. The molecule has 0 radical (unpaired) electrons. The van der Waals surface area contributed by atoms with E-state index in [-0.39, 0.29) is 0 Å². The average molecular weight is 417 g/mol. The van der Waals surface area contributed by atoms with Crippen LogP contribution >= 0.6 is 0 Å². The molecule has 31 heavy (non-hydrogen) atoms. The highest BCUT2D eigenvalue weighted by Crippen LogP contribution is 2.38. The summed E-state index contributed by atoms with van der Waals surface area (Å²) < 4.78 is 0. The van der Waals surface area contributed by atoms with Crippen molar-refractivity contribution in [1.82, 2.24) is 20.2 Å². The Morgan fingerprint density at radius 3 is 2.61 bits per heavy atom. The average Bonchev–Trinajstić information content (AvgIpc) is 3.19. The van der Waals surface area contributed by atoms with Gasteiger partial charge in [0.1, 0.15) is 0 Å². The van der Waals surface area contributed by atoms with Crippen LogP contribution in [0.5, 0.6) is 0 Å². The Balaban J connectivity index is 1.41. The van der Waals surface area contributed by atoms with Crippen LogP contribution in [0.1, 0.15) is 68.2 Å². The number of aromatic nitrogens is 2. The third-order valence-corrected chi connectivity index (χ3v) is 7.41. The van der Waals surface area contributed by atoms with Crippen LogP contribution in [0.2, 0.25) is 0 Å². The Labute approximate surface area is 186 Å². The standard InChI is InChI=1S/C27H36N4/c1-18(2)26-24-16-21(20-9-13-31(14-10-20)23-5-4-11-28-17-23)6-7-25(24)30-27(26)22-8-12-29-19(3)15-22/h6-8,12,15-16,18,20,23,28,30H,4-5,9-11,13-14,17H2,1-3H3. The lowest BCUT2D eigenvalue weighted by Gasteiger charge is -2.39. The zero-order valence-electron chi connectivity index (χ0n) is 19.2. The number of likely N-dealkylation sites (tertiary alicyclic amines) is 1. The number of rotatable bonds is 4. The van der Waals surface area contributed by atoms with Crippen molar-refractivity contribution in [2.45, 2.75) is 64.3 Å². The summed E-state index contributed by atoms with van der Waals surface area (Å²) in [6, 6.07) is 12.2. The Morgan fingerprint density at radius 1 is 1.06 bits per heavy atom. The molecule has 0 bridgehead atoms. The lowest BCUT2D eigenvalue weighted by molar-refractivity contribution is 0.130. The normalized spacial score (nSPS) is 21.2. The maximum absolute atomic E-state index is 4.39. The van der Waals surface area contributed by atoms with Gasteiger partial charge < -0.3 is 10.3 Å². The van der Waals surface area contributed by atoms with Gasteiger partial charge in [0.15, 0.2) is 0 Å². The van der Waals surface area contributed by atoms with E-state index in [2.05, 4.69) is 71.3 Å². The van der Waals surface area contributed by atoms with E-state index in [9.17, 15) is 0 Å². The fourth-order valence-electron chi connectivity index (χ4n) is 5.76. The summed E-state index contributed by atoms with van der Waals surface area (Å²) in [4.78, 5) is 10.9. The van der Waals surface area contributed by atoms with E-state index >= 15 is 0 Å². The number of piperidine rings is 2. The van der Waals surface area contributed by atoms with Gasteiger partial charge in [-0.3, -0.25) is 9.88 Å². The molecule has 3 aromatic rings. The molecule has 2 saturated heterocycles. The van der Waals surface area contributed by atoms with Crippen molar-refractivity contribution in [3.63, 3.8) is 0 Å². The molecule has 1 atom stereocenters. The van der Waals surface area contributed by atoms with Gasteiger partial charge in [0.05, 0.1) is 5.69 Å². The first-order valence-corrected chi connectivity index (χ1v) is 12.1. The number of nitrogens with one attached hydrogen (secondary N) is 2. The molecule has 5 rings (SSSR count). The highest BCUT2D eigenvalue weighted by atomic mass is 15.2. The van der Waals surface area contributed by atoms with Crippen LogP contribution in [0.25, 0.3) is 22.2 Å². The van der Waals surface area contributed by atoms with Gasteiger partial charge in [-0.25, -0.2) is 0 Å². The van der Waals surface area contributed by atoms with Gasteiger partial charge in [-0.15, -0.1) is 0 Å². The predicted molar refractivity (Wildman–Crippen MR) is 130 cm³/mol. The molecule has 1 unspecified atom stereocenters. The van der Waals surface area contributed by atoms with Crippen LogP contribution in [0.4, 0.5) is 0 Å². The number of nitrogens with zero attached hydrogens (tertiary/aromatic N) is 2. The summed E-state index contributed by atoms with van der Waals surface area (Å²) in [5.41, 5.74) is 7.77. The van der Waals surface area contributed by atoms with Crippen LogP contribution < -0.4 is 5.32 Å². The number of hydrogen-bond donors (Lipinski definition) is 2. The summed E-state index contributed by atoms with van der Waals surface area (Å²) in [5, 5.41) is 4.98. The fourth-order valence-corrected chi connectivity index (χ4v) is 5.76. The number of benzene rings is 1. The molecule has 2 aromatic heterocycles. The minimum absolute atomic E-state index is 0.466. The van der Waals surface area contributed by atoms with E-state index in [1.54, 1.807) is 0 Å². The van der Waals surface area contributed by atoms with Crippen molar-refractivity contribution in [3.8, 4) is 11.3 Å². The van der Waals surface area contributed by atoms with Gasteiger partial charge >= 0.3 is 0 Å². The van der Waals surface area contributed by atoms with Gasteiger partial charge in [0.2, 0.25) is 0 Å². The minimum Gasteiger partial charge on any atom is -0.354 e. The van der Waals surface area contributed by atoms with Crippen molar-refractivity contribution >= 4 is 10.9 Å².